The van der Waals surface area contributed by atoms with Crippen LogP contribution in [-0.2, 0) is 19.1 Å². The number of aryl methyl sites for hydroxylation is 1. The molecule has 8 rings (SSSR count). The van der Waals surface area contributed by atoms with Crippen molar-refractivity contribution in [3.8, 4) is 11.5 Å². The van der Waals surface area contributed by atoms with Gasteiger partial charge in [0.05, 0.1) is 0 Å². The van der Waals surface area contributed by atoms with Crippen LogP contribution in [0.2, 0.25) is 0 Å². The van der Waals surface area contributed by atoms with E-state index in [1.54, 1.807) is 73.7 Å². The first kappa shape index (κ1) is 29.6. The molecule has 2 aliphatic rings. The minimum Gasteiger partial charge on any atom is -0.395 e. The van der Waals surface area contributed by atoms with Gasteiger partial charge in [-0.1, -0.05) is 103 Å². The van der Waals surface area contributed by atoms with Crippen molar-refractivity contribution >= 4 is 68.1 Å². The number of Topliss-reactive ketones (excluding diaryl/α,β-unsaturated/α-hetero) is 2. The van der Waals surface area contributed by atoms with Crippen molar-refractivity contribution in [3.63, 3.8) is 0 Å². The van der Waals surface area contributed by atoms with Crippen LogP contribution >= 0.6 is 0 Å². The number of benzene rings is 6. The Hall–Kier alpha value is -6.80. The summed E-state index contributed by atoms with van der Waals surface area (Å²) in [6.07, 6.45) is -2.23. The zero-order valence-electron chi connectivity index (χ0n) is 25.9. The van der Waals surface area contributed by atoms with Gasteiger partial charge >= 0.3 is 12.3 Å². The second-order valence-electron chi connectivity index (χ2n) is 11.6. The van der Waals surface area contributed by atoms with Crippen LogP contribution in [0.4, 0.5) is 9.59 Å². The third-order valence-corrected chi connectivity index (χ3v) is 8.46. The lowest BCUT2D eigenvalue weighted by Crippen LogP contribution is -2.48. The molecule has 0 aromatic heterocycles. The van der Waals surface area contributed by atoms with Gasteiger partial charge < -0.3 is 18.9 Å². The van der Waals surface area contributed by atoms with Crippen LogP contribution in [-0.4, -0.2) is 23.9 Å². The molecule has 49 heavy (non-hydrogen) atoms. The number of ether oxygens (including phenoxy) is 4. The van der Waals surface area contributed by atoms with E-state index in [-0.39, 0.29) is 44.6 Å². The Labute approximate surface area is 278 Å². The lowest BCUT2D eigenvalue weighted by Gasteiger charge is -2.22. The summed E-state index contributed by atoms with van der Waals surface area (Å²) in [6.45, 7) is 1.81. The molecule has 0 heterocycles. The largest absolute Gasteiger partial charge is 0.519 e. The number of ketones is 2. The van der Waals surface area contributed by atoms with E-state index < -0.39 is 23.9 Å². The van der Waals surface area contributed by atoms with E-state index in [2.05, 4.69) is 0 Å². The number of hydrogen-bond donors (Lipinski definition) is 0. The molecule has 0 amide bonds. The molecule has 0 N–H and O–H groups in total. The summed E-state index contributed by atoms with van der Waals surface area (Å²) in [6, 6.07) is 37.1. The Morgan fingerprint density at radius 1 is 0.429 bits per heavy atom. The lowest BCUT2D eigenvalue weighted by molar-refractivity contribution is -0.112. The number of rotatable bonds is 4. The number of carbonyl (C=O) groups is 4. The Morgan fingerprint density at radius 2 is 0.878 bits per heavy atom. The molecule has 8 nitrogen and oxygen atoms in total. The molecule has 236 valence electrons. The standard InChI is InChI=1S/C41H24O8/c1-23-14-19-31-33(20-23)39(49-41(45)47-29-18-16-25-9-3-5-11-27(25)22-29)37(43)34-30-12-6-7-13-32(30)38(36(42)35(31)34)48-40(44)46-28-17-15-24-8-2-4-10-26(24)21-28/h2-22H,1H3. The minimum absolute atomic E-state index is 0.0145. The van der Waals surface area contributed by atoms with E-state index in [4.69, 9.17) is 18.9 Å². The minimum atomic E-state index is -1.12. The van der Waals surface area contributed by atoms with Gasteiger partial charge in [0.1, 0.15) is 11.5 Å². The normalized spacial score (nSPS) is 13.5. The smallest absolute Gasteiger partial charge is 0.395 e. The predicted octanol–water partition coefficient (Wildman–Crippen LogP) is 5.12. The first-order valence-corrected chi connectivity index (χ1v) is 15.4. The molecule has 0 bridgehead atoms. The molecule has 0 atom stereocenters. The molecule has 2 aliphatic carbocycles. The third-order valence-electron chi connectivity index (χ3n) is 8.46. The second-order valence-corrected chi connectivity index (χ2v) is 11.6. The summed E-state index contributed by atoms with van der Waals surface area (Å²) in [5.41, 5.74) is 0.783. The van der Waals surface area contributed by atoms with Gasteiger partial charge in [0.2, 0.25) is 11.6 Å². The van der Waals surface area contributed by atoms with Crippen molar-refractivity contribution in [2.45, 2.75) is 6.92 Å². The first-order chi connectivity index (χ1) is 23.8. The average Bonchev–Trinajstić information content (AvgIpc) is 3.11. The summed E-state index contributed by atoms with van der Waals surface area (Å²) < 4.78 is 22.2. The molecule has 6 aromatic carbocycles. The maximum Gasteiger partial charge on any atom is 0.519 e. The van der Waals surface area contributed by atoms with Crippen LogP contribution in [0.1, 0.15) is 5.56 Å². The summed E-state index contributed by atoms with van der Waals surface area (Å²) in [5.74, 6) is -1.49. The zero-order chi connectivity index (χ0) is 33.6. The lowest BCUT2D eigenvalue weighted by atomic mass is 9.83. The Morgan fingerprint density at radius 3 is 1.43 bits per heavy atom. The van der Waals surface area contributed by atoms with Crippen LogP contribution in [0.15, 0.2) is 127 Å². The van der Waals surface area contributed by atoms with Gasteiger partial charge in [0.25, 0.3) is 0 Å². The Kier molecular flexibility index (Phi) is 7.11. The maximum atomic E-state index is 14.3. The highest BCUT2D eigenvalue weighted by Crippen LogP contribution is 2.28. The fourth-order valence-electron chi connectivity index (χ4n) is 6.24. The van der Waals surface area contributed by atoms with Crippen molar-refractivity contribution in [2.24, 2.45) is 0 Å². The van der Waals surface area contributed by atoms with E-state index in [1.165, 1.54) is 0 Å². The first-order valence-electron chi connectivity index (χ1n) is 15.4. The van der Waals surface area contributed by atoms with Gasteiger partial charge in [-0.25, -0.2) is 9.59 Å². The van der Waals surface area contributed by atoms with Crippen LogP contribution in [0.3, 0.4) is 0 Å². The molecule has 0 spiro atoms. The van der Waals surface area contributed by atoms with Crippen molar-refractivity contribution in [1.82, 2.24) is 0 Å². The third kappa shape index (κ3) is 5.31. The van der Waals surface area contributed by atoms with Crippen LogP contribution in [0.5, 0.6) is 11.5 Å². The van der Waals surface area contributed by atoms with Crippen molar-refractivity contribution in [1.29, 1.82) is 0 Å². The highest BCUT2D eigenvalue weighted by molar-refractivity contribution is 6.58. The molecular weight excluding hydrogens is 620 g/mol. The molecule has 0 fully saturated rings. The van der Waals surface area contributed by atoms with E-state index in [0.29, 0.717) is 10.4 Å². The van der Waals surface area contributed by atoms with Gasteiger partial charge in [-0.05, 0) is 69.2 Å². The molecule has 0 saturated heterocycles. The quantitative estimate of drug-likeness (QED) is 0.193. The zero-order valence-corrected chi connectivity index (χ0v) is 25.9. The Bertz CT molecular complexity index is 2700. The topological polar surface area (TPSA) is 105 Å². The summed E-state index contributed by atoms with van der Waals surface area (Å²) in [4.78, 5) is 54.7. The van der Waals surface area contributed by atoms with Gasteiger partial charge in [0.15, 0.2) is 11.5 Å². The molecule has 0 radical (unpaired) electrons. The van der Waals surface area contributed by atoms with E-state index in [9.17, 15) is 19.2 Å². The van der Waals surface area contributed by atoms with Crippen LogP contribution in [0.25, 0.3) is 44.2 Å². The van der Waals surface area contributed by atoms with Crippen LogP contribution in [0, 0.1) is 6.92 Å². The summed E-state index contributed by atoms with van der Waals surface area (Å²) >= 11 is 0. The second kappa shape index (κ2) is 11.8. The monoisotopic (exact) mass is 644 g/mol. The van der Waals surface area contributed by atoms with Gasteiger partial charge in [-0.3, -0.25) is 9.59 Å². The summed E-state index contributed by atoms with van der Waals surface area (Å²) in [7, 11) is 0. The van der Waals surface area contributed by atoms with Gasteiger partial charge in [-0.15, -0.1) is 0 Å². The summed E-state index contributed by atoms with van der Waals surface area (Å²) in [5, 5.41) is 4.74. The molecule has 6 aromatic rings. The van der Waals surface area contributed by atoms with Crippen molar-refractivity contribution < 1.29 is 38.1 Å². The average molecular weight is 645 g/mol. The fraction of sp³-hybridized carbons (Fsp3) is 0.0244. The number of carbonyl (C=O) groups excluding carboxylic acids is 4. The molecular formula is C41H24O8. The predicted molar refractivity (Wildman–Crippen MR) is 182 cm³/mol. The maximum absolute atomic E-state index is 14.3. The van der Waals surface area contributed by atoms with E-state index in [0.717, 1.165) is 27.1 Å². The SMILES string of the molecule is Cc1ccc2c(c1)=C(OC(=O)Oc1ccc3ccccc3c1)C(=O)C1=c3ccccc3=C(OC(=O)Oc3ccc4ccccc4c3)C(=O)C=21. The number of hydrogen-bond acceptors (Lipinski definition) is 8. The van der Waals surface area contributed by atoms with Crippen molar-refractivity contribution in [3.05, 3.63) is 154 Å². The number of fused-ring (bicyclic) bond motifs is 5. The highest BCUT2D eigenvalue weighted by Gasteiger charge is 2.37. The van der Waals surface area contributed by atoms with Crippen LogP contribution < -0.4 is 30.3 Å². The van der Waals surface area contributed by atoms with Crippen molar-refractivity contribution in [2.75, 3.05) is 0 Å². The van der Waals surface area contributed by atoms with Gasteiger partial charge in [-0.2, -0.15) is 0 Å². The highest BCUT2D eigenvalue weighted by atomic mass is 16.7. The van der Waals surface area contributed by atoms with E-state index >= 15 is 0 Å². The molecule has 0 unspecified atom stereocenters. The fourth-order valence-corrected chi connectivity index (χ4v) is 6.24. The molecule has 0 aliphatic heterocycles. The Balaban J connectivity index is 1.19. The van der Waals surface area contributed by atoms with E-state index in [1.807, 2.05) is 60.7 Å². The molecule has 0 saturated carbocycles. The van der Waals surface area contributed by atoms with Gasteiger partial charge in [0, 0.05) is 21.6 Å². The molecule has 8 heteroatoms.